The first-order chi connectivity index (χ1) is 9.63. The number of rotatable bonds is 2. The summed E-state index contributed by atoms with van der Waals surface area (Å²) in [4.78, 5) is 15.5. The zero-order valence-corrected chi connectivity index (χ0v) is 12.7. The fourth-order valence-electron chi connectivity index (χ4n) is 2.77. The fraction of sp³-hybridized carbons (Fsp3) is 0.400. The summed E-state index contributed by atoms with van der Waals surface area (Å²) in [6, 6.07) is 8.36. The number of amides is 1. The Kier molecular flexibility index (Phi) is 3.81. The van der Waals surface area contributed by atoms with E-state index in [0.717, 1.165) is 41.1 Å². The van der Waals surface area contributed by atoms with Crippen LogP contribution < -0.4 is 11.1 Å². The molecule has 20 heavy (non-hydrogen) atoms. The van der Waals surface area contributed by atoms with Crippen molar-refractivity contribution in [2.45, 2.75) is 37.8 Å². The van der Waals surface area contributed by atoms with Crippen LogP contribution in [0.1, 0.15) is 36.2 Å². The van der Waals surface area contributed by atoms with Crippen molar-refractivity contribution < 1.29 is 4.79 Å². The van der Waals surface area contributed by atoms with Crippen molar-refractivity contribution in [3.05, 3.63) is 34.4 Å². The van der Waals surface area contributed by atoms with E-state index < -0.39 is 0 Å². The maximum atomic E-state index is 12.3. The van der Waals surface area contributed by atoms with Crippen LogP contribution in [0.25, 0.3) is 10.9 Å². The number of carbonyl (C=O) groups excluding carboxylic acids is 1. The standard InChI is InChI=1S/C15H18BrN3O/c16-12-3-1-2-9-8-13(19-14(9)12)15(20)18-11-6-4-10(17)5-7-11/h1-3,8,10-11,19H,4-7,17H2,(H,18,20)/t10-,11-. The molecule has 0 spiro atoms. The molecule has 4 nitrogen and oxygen atoms in total. The SMILES string of the molecule is N[C@H]1CC[C@H](NC(=O)c2cc3cccc(Br)c3[nH]2)CC1. The van der Waals surface area contributed by atoms with Crippen molar-refractivity contribution in [3.8, 4) is 0 Å². The monoisotopic (exact) mass is 335 g/mol. The van der Waals surface area contributed by atoms with Crippen LogP contribution in [0.4, 0.5) is 0 Å². The number of nitrogens with two attached hydrogens (primary N) is 1. The third-order valence-corrected chi connectivity index (χ3v) is 4.62. The number of aromatic nitrogens is 1. The number of halogens is 1. The summed E-state index contributed by atoms with van der Waals surface area (Å²) in [6.45, 7) is 0. The first kappa shape index (κ1) is 13.6. The molecular weight excluding hydrogens is 318 g/mol. The molecule has 1 aromatic heterocycles. The lowest BCUT2D eigenvalue weighted by molar-refractivity contribution is 0.0921. The Labute approximate surface area is 126 Å². The number of H-pyrrole nitrogens is 1. The average molecular weight is 336 g/mol. The number of hydrogen-bond acceptors (Lipinski definition) is 2. The molecule has 0 atom stereocenters. The molecule has 1 amide bonds. The van der Waals surface area contributed by atoms with Crippen molar-refractivity contribution in [2.75, 3.05) is 0 Å². The maximum absolute atomic E-state index is 12.3. The second-order valence-corrected chi connectivity index (χ2v) is 6.33. The zero-order chi connectivity index (χ0) is 14.1. The topological polar surface area (TPSA) is 70.9 Å². The molecule has 1 aromatic carbocycles. The van der Waals surface area contributed by atoms with Crippen molar-refractivity contribution in [1.82, 2.24) is 10.3 Å². The number of para-hydroxylation sites is 1. The van der Waals surface area contributed by atoms with Crippen LogP contribution in [0.3, 0.4) is 0 Å². The quantitative estimate of drug-likeness (QED) is 0.789. The van der Waals surface area contributed by atoms with E-state index in [1.54, 1.807) is 0 Å². The molecule has 5 heteroatoms. The molecule has 0 radical (unpaired) electrons. The summed E-state index contributed by atoms with van der Waals surface area (Å²) >= 11 is 3.49. The molecule has 2 aromatic rings. The minimum atomic E-state index is -0.0337. The van der Waals surface area contributed by atoms with Crippen molar-refractivity contribution >= 4 is 32.7 Å². The van der Waals surface area contributed by atoms with Gasteiger partial charge in [0.1, 0.15) is 5.69 Å². The molecule has 0 aliphatic heterocycles. The van der Waals surface area contributed by atoms with Gasteiger partial charge in [-0.3, -0.25) is 4.79 Å². The lowest BCUT2D eigenvalue weighted by atomic mass is 9.92. The number of fused-ring (bicyclic) bond motifs is 1. The van der Waals surface area contributed by atoms with Crippen LogP contribution in [0, 0.1) is 0 Å². The van der Waals surface area contributed by atoms with Gasteiger partial charge in [-0.2, -0.15) is 0 Å². The van der Waals surface area contributed by atoms with Gasteiger partial charge in [-0.05, 0) is 53.7 Å². The van der Waals surface area contributed by atoms with Gasteiger partial charge < -0.3 is 16.0 Å². The third-order valence-electron chi connectivity index (χ3n) is 3.96. The van der Waals surface area contributed by atoms with Gasteiger partial charge in [0.15, 0.2) is 0 Å². The zero-order valence-electron chi connectivity index (χ0n) is 11.2. The van der Waals surface area contributed by atoms with E-state index in [1.807, 2.05) is 24.3 Å². The van der Waals surface area contributed by atoms with Gasteiger partial charge in [-0.15, -0.1) is 0 Å². The van der Waals surface area contributed by atoms with Gasteiger partial charge in [-0.25, -0.2) is 0 Å². The van der Waals surface area contributed by atoms with E-state index in [1.165, 1.54) is 0 Å². The highest BCUT2D eigenvalue weighted by Crippen LogP contribution is 2.24. The molecule has 0 saturated heterocycles. The van der Waals surface area contributed by atoms with Crippen LogP contribution in [0.5, 0.6) is 0 Å². The summed E-state index contributed by atoms with van der Waals surface area (Å²) in [5.74, 6) is -0.0337. The van der Waals surface area contributed by atoms with Gasteiger partial charge in [0.25, 0.3) is 5.91 Å². The smallest absolute Gasteiger partial charge is 0.267 e. The van der Waals surface area contributed by atoms with Gasteiger partial charge in [0.05, 0.1) is 5.52 Å². The first-order valence-corrected chi connectivity index (χ1v) is 7.76. The van der Waals surface area contributed by atoms with Gasteiger partial charge in [-0.1, -0.05) is 12.1 Å². The average Bonchev–Trinajstić information content (AvgIpc) is 2.87. The van der Waals surface area contributed by atoms with Crippen LogP contribution in [-0.2, 0) is 0 Å². The van der Waals surface area contributed by atoms with Crippen LogP contribution in [-0.4, -0.2) is 23.0 Å². The lowest BCUT2D eigenvalue weighted by Gasteiger charge is -2.26. The van der Waals surface area contributed by atoms with Gasteiger partial charge in [0.2, 0.25) is 0 Å². The minimum absolute atomic E-state index is 0.0337. The molecule has 1 aliphatic rings. The Morgan fingerprint density at radius 3 is 2.75 bits per heavy atom. The Morgan fingerprint density at radius 2 is 2.05 bits per heavy atom. The molecule has 4 N–H and O–H groups in total. The Morgan fingerprint density at radius 1 is 1.30 bits per heavy atom. The van der Waals surface area contributed by atoms with Crippen molar-refractivity contribution in [3.63, 3.8) is 0 Å². The lowest BCUT2D eigenvalue weighted by Crippen LogP contribution is -2.40. The van der Waals surface area contributed by atoms with E-state index in [2.05, 4.69) is 26.2 Å². The van der Waals surface area contributed by atoms with E-state index >= 15 is 0 Å². The molecule has 0 bridgehead atoms. The maximum Gasteiger partial charge on any atom is 0.267 e. The Bertz CT molecular complexity index is 629. The number of carbonyl (C=O) groups is 1. The molecule has 106 valence electrons. The number of aromatic amines is 1. The summed E-state index contributed by atoms with van der Waals surface area (Å²) in [7, 11) is 0. The van der Waals surface area contributed by atoms with E-state index in [-0.39, 0.29) is 11.9 Å². The van der Waals surface area contributed by atoms with Gasteiger partial charge >= 0.3 is 0 Å². The highest BCUT2D eigenvalue weighted by molar-refractivity contribution is 9.10. The molecule has 1 heterocycles. The van der Waals surface area contributed by atoms with Crippen molar-refractivity contribution in [1.29, 1.82) is 0 Å². The number of nitrogens with one attached hydrogen (secondary N) is 2. The van der Waals surface area contributed by atoms with E-state index in [9.17, 15) is 4.79 Å². The third kappa shape index (κ3) is 2.74. The van der Waals surface area contributed by atoms with Crippen LogP contribution in [0.2, 0.25) is 0 Å². The highest BCUT2D eigenvalue weighted by atomic mass is 79.9. The van der Waals surface area contributed by atoms with Crippen LogP contribution >= 0.6 is 15.9 Å². The molecule has 1 saturated carbocycles. The second kappa shape index (κ2) is 5.58. The normalized spacial score (nSPS) is 22.9. The summed E-state index contributed by atoms with van der Waals surface area (Å²) in [5.41, 5.74) is 7.46. The summed E-state index contributed by atoms with van der Waals surface area (Å²) in [5, 5.41) is 4.13. The highest BCUT2D eigenvalue weighted by Gasteiger charge is 2.21. The fourth-order valence-corrected chi connectivity index (χ4v) is 3.25. The second-order valence-electron chi connectivity index (χ2n) is 5.47. The molecule has 3 rings (SSSR count). The number of hydrogen-bond donors (Lipinski definition) is 3. The Hall–Kier alpha value is -1.33. The minimum Gasteiger partial charge on any atom is -0.350 e. The molecular formula is C15H18BrN3O. The van der Waals surface area contributed by atoms with Crippen molar-refractivity contribution in [2.24, 2.45) is 5.73 Å². The van der Waals surface area contributed by atoms with Crippen LogP contribution in [0.15, 0.2) is 28.7 Å². The molecule has 1 fully saturated rings. The van der Waals surface area contributed by atoms with E-state index in [0.29, 0.717) is 11.7 Å². The molecule has 0 unspecified atom stereocenters. The molecule has 1 aliphatic carbocycles. The largest absolute Gasteiger partial charge is 0.350 e. The predicted octanol–water partition coefficient (Wildman–Crippen LogP) is 2.93. The van der Waals surface area contributed by atoms with E-state index in [4.69, 9.17) is 5.73 Å². The first-order valence-electron chi connectivity index (χ1n) is 6.97. The van der Waals surface area contributed by atoms with Gasteiger partial charge in [0, 0.05) is 21.9 Å². The predicted molar refractivity (Wildman–Crippen MR) is 83.7 cm³/mol. The summed E-state index contributed by atoms with van der Waals surface area (Å²) in [6.07, 6.45) is 3.92. The Balaban J connectivity index is 1.74. The number of benzene rings is 1. The summed E-state index contributed by atoms with van der Waals surface area (Å²) < 4.78 is 0.970.